The lowest BCUT2D eigenvalue weighted by Crippen LogP contribution is -2.38. The van der Waals surface area contributed by atoms with E-state index in [1.54, 1.807) is 36.4 Å². The lowest BCUT2D eigenvalue weighted by atomic mass is 9.95. The average molecular weight is 495 g/mol. The molecule has 0 radical (unpaired) electrons. The van der Waals surface area contributed by atoms with Gasteiger partial charge in [0.05, 0.1) is 10.9 Å². The molecule has 0 saturated heterocycles. The number of carbonyl (C=O) groups is 1. The van der Waals surface area contributed by atoms with Crippen LogP contribution in [0.4, 0.5) is 13.2 Å². The third kappa shape index (κ3) is 4.80. The quantitative estimate of drug-likeness (QED) is 0.345. The molecule has 4 aromatic rings. The van der Waals surface area contributed by atoms with E-state index in [1.165, 1.54) is 24.3 Å². The summed E-state index contributed by atoms with van der Waals surface area (Å²) in [6.07, 6.45) is 0.234. The third-order valence-corrected chi connectivity index (χ3v) is 6.52. The molecule has 1 fully saturated rings. The number of alkyl halides is 3. The fourth-order valence-corrected chi connectivity index (χ4v) is 4.82. The van der Waals surface area contributed by atoms with E-state index in [9.17, 15) is 22.8 Å². The fraction of sp³-hybridized carbons (Fsp3) is 0.286. The summed E-state index contributed by atoms with van der Waals surface area (Å²) in [5.74, 6) is -1.54. The number of rotatable bonds is 5. The molecule has 1 aromatic heterocycles. The topological polar surface area (TPSA) is 68.5 Å². The van der Waals surface area contributed by atoms with Gasteiger partial charge in [-0.25, -0.2) is 0 Å². The number of halogens is 3. The molecule has 1 heterocycles. The summed E-state index contributed by atoms with van der Waals surface area (Å²) in [7, 11) is 0. The highest BCUT2D eigenvalue weighted by Crippen LogP contribution is 2.39. The van der Waals surface area contributed by atoms with E-state index < -0.39 is 22.9 Å². The summed E-state index contributed by atoms with van der Waals surface area (Å²) < 4.78 is 53.1. The molecule has 36 heavy (non-hydrogen) atoms. The highest BCUT2D eigenvalue weighted by atomic mass is 19.4. The SMILES string of the molecule is O=C(COc1ccc2c(=O)c(-c3cccc4ccccc34)c(C(F)(F)F)oc2c1)NC1CCCCC1. The van der Waals surface area contributed by atoms with Crippen LogP contribution in [0.5, 0.6) is 5.75 Å². The number of nitrogens with one attached hydrogen (secondary N) is 1. The Hall–Kier alpha value is -3.81. The van der Waals surface area contributed by atoms with E-state index in [0.717, 1.165) is 32.1 Å². The number of amides is 1. The first-order valence-corrected chi connectivity index (χ1v) is 11.9. The summed E-state index contributed by atoms with van der Waals surface area (Å²) in [4.78, 5) is 25.6. The molecule has 5 rings (SSSR count). The molecular weight excluding hydrogens is 471 g/mol. The van der Waals surface area contributed by atoms with Gasteiger partial charge >= 0.3 is 6.18 Å². The van der Waals surface area contributed by atoms with E-state index in [2.05, 4.69) is 5.32 Å². The Kier molecular flexibility index (Phi) is 6.43. The van der Waals surface area contributed by atoms with Gasteiger partial charge in [0.15, 0.2) is 6.61 Å². The van der Waals surface area contributed by atoms with Crippen molar-refractivity contribution in [3.8, 4) is 16.9 Å². The maximum absolute atomic E-state index is 14.1. The van der Waals surface area contributed by atoms with Gasteiger partial charge in [-0.3, -0.25) is 9.59 Å². The van der Waals surface area contributed by atoms with E-state index in [0.29, 0.717) is 10.8 Å². The smallest absolute Gasteiger partial charge is 0.450 e. The third-order valence-electron chi connectivity index (χ3n) is 6.52. The highest BCUT2D eigenvalue weighted by Gasteiger charge is 2.39. The van der Waals surface area contributed by atoms with Gasteiger partial charge in [-0.1, -0.05) is 61.7 Å². The monoisotopic (exact) mass is 495 g/mol. The lowest BCUT2D eigenvalue weighted by Gasteiger charge is -2.22. The number of benzene rings is 3. The molecule has 5 nitrogen and oxygen atoms in total. The molecule has 0 unspecified atom stereocenters. The van der Waals surface area contributed by atoms with Crippen LogP contribution in [0.2, 0.25) is 0 Å². The number of ether oxygens (including phenoxy) is 1. The second-order valence-corrected chi connectivity index (χ2v) is 9.01. The highest BCUT2D eigenvalue weighted by molar-refractivity contribution is 5.98. The van der Waals surface area contributed by atoms with Crippen molar-refractivity contribution >= 4 is 27.6 Å². The Bertz CT molecular complexity index is 1480. The van der Waals surface area contributed by atoms with Crippen molar-refractivity contribution in [2.75, 3.05) is 6.61 Å². The first-order chi connectivity index (χ1) is 17.3. The molecule has 1 N–H and O–H groups in total. The minimum absolute atomic E-state index is 0.00931. The Morgan fingerprint density at radius 1 is 0.972 bits per heavy atom. The van der Waals surface area contributed by atoms with Crippen molar-refractivity contribution in [3.63, 3.8) is 0 Å². The van der Waals surface area contributed by atoms with Gasteiger partial charge in [0.2, 0.25) is 11.2 Å². The van der Waals surface area contributed by atoms with Crippen LogP contribution in [-0.4, -0.2) is 18.6 Å². The Balaban J connectivity index is 1.50. The molecule has 0 spiro atoms. The van der Waals surface area contributed by atoms with Crippen molar-refractivity contribution in [3.05, 3.63) is 76.6 Å². The van der Waals surface area contributed by atoms with Crippen molar-refractivity contribution in [2.45, 2.75) is 44.3 Å². The summed E-state index contributed by atoms with van der Waals surface area (Å²) in [6, 6.07) is 15.9. The first kappa shape index (κ1) is 23.9. The van der Waals surface area contributed by atoms with E-state index in [-0.39, 0.29) is 40.8 Å². The van der Waals surface area contributed by atoms with Crippen molar-refractivity contribution in [2.24, 2.45) is 0 Å². The second-order valence-electron chi connectivity index (χ2n) is 9.01. The van der Waals surface area contributed by atoms with E-state index in [4.69, 9.17) is 9.15 Å². The molecule has 3 aromatic carbocycles. The maximum atomic E-state index is 14.1. The fourth-order valence-electron chi connectivity index (χ4n) is 4.82. The number of fused-ring (bicyclic) bond motifs is 2. The molecule has 1 amide bonds. The molecule has 1 aliphatic rings. The van der Waals surface area contributed by atoms with Gasteiger partial charge in [-0.2, -0.15) is 13.2 Å². The van der Waals surface area contributed by atoms with Gasteiger partial charge in [0.25, 0.3) is 5.91 Å². The van der Waals surface area contributed by atoms with Crippen LogP contribution in [0.3, 0.4) is 0 Å². The van der Waals surface area contributed by atoms with E-state index >= 15 is 0 Å². The van der Waals surface area contributed by atoms with Crippen LogP contribution in [0.1, 0.15) is 37.9 Å². The molecule has 186 valence electrons. The summed E-state index contributed by atoms with van der Waals surface area (Å²) in [6.45, 7) is -0.285. The molecule has 0 bridgehead atoms. The first-order valence-electron chi connectivity index (χ1n) is 11.9. The van der Waals surface area contributed by atoms with Gasteiger partial charge in [-0.05, 0) is 41.3 Å². The predicted molar refractivity (Wildman–Crippen MR) is 131 cm³/mol. The molecule has 1 saturated carbocycles. The largest absolute Gasteiger partial charge is 0.484 e. The molecule has 0 atom stereocenters. The molecule has 0 aliphatic heterocycles. The summed E-state index contributed by atoms with van der Waals surface area (Å²) in [5, 5.41) is 4.13. The second kappa shape index (κ2) is 9.68. The standard InChI is InChI=1S/C28H24F3NO4/c29-28(30,31)27-25(21-12-6-8-17-7-4-5-11-20(17)21)26(34)22-14-13-19(15-23(22)36-27)35-16-24(33)32-18-9-2-1-3-10-18/h4-8,11-15,18H,1-3,9-10,16H2,(H,32,33). The zero-order valence-corrected chi connectivity index (χ0v) is 19.4. The normalized spacial score (nSPS) is 14.8. The van der Waals surface area contributed by atoms with Crippen molar-refractivity contribution in [1.29, 1.82) is 0 Å². The van der Waals surface area contributed by atoms with Crippen LogP contribution in [0.25, 0.3) is 32.9 Å². The van der Waals surface area contributed by atoms with Crippen molar-refractivity contribution in [1.82, 2.24) is 5.32 Å². The van der Waals surface area contributed by atoms with Crippen LogP contribution < -0.4 is 15.5 Å². The maximum Gasteiger partial charge on any atom is 0.450 e. The molecule has 1 aliphatic carbocycles. The lowest BCUT2D eigenvalue weighted by molar-refractivity contribution is -0.152. The zero-order valence-electron chi connectivity index (χ0n) is 19.4. The van der Waals surface area contributed by atoms with Crippen LogP contribution >= 0.6 is 0 Å². The Morgan fingerprint density at radius 3 is 2.50 bits per heavy atom. The van der Waals surface area contributed by atoms with Crippen LogP contribution in [0, 0.1) is 0 Å². The molecular formula is C28H24F3NO4. The van der Waals surface area contributed by atoms with Crippen LogP contribution in [-0.2, 0) is 11.0 Å². The van der Waals surface area contributed by atoms with Crippen molar-refractivity contribution < 1.29 is 27.1 Å². The Labute approximate surface area is 204 Å². The number of hydrogen-bond acceptors (Lipinski definition) is 4. The van der Waals surface area contributed by atoms with Gasteiger partial charge in [-0.15, -0.1) is 0 Å². The van der Waals surface area contributed by atoms with Gasteiger partial charge in [0, 0.05) is 12.1 Å². The van der Waals surface area contributed by atoms with Gasteiger partial charge in [0.1, 0.15) is 11.3 Å². The summed E-state index contributed by atoms with van der Waals surface area (Å²) in [5.41, 5.74) is -1.44. The van der Waals surface area contributed by atoms with Gasteiger partial charge < -0.3 is 14.5 Å². The minimum Gasteiger partial charge on any atom is -0.484 e. The average Bonchev–Trinajstić information content (AvgIpc) is 2.87. The Morgan fingerprint density at radius 2 is 1.72 bits per heavy atom. The van der Waals surface area contributed by atoms with Crippen LogP contribution in [0.15, 0.2) is 69.9 Å². The molecule has 8 heteroatoms. The zero-order chi connectivity index (χ0) is 25.3. The minimum atomic E-state index is -4.91. The number of hydrogen-bond donors (Lipinski definition) is 1. The van der Waals surface area contributed by atoms with E-state index in [1.807, 2.05) is 0 Å². The summed E-state index contributed by atoms with van der Waals surface area (Å²) >= 11 is 0. The predicted octanol–water partition coefficient (Wildman–Crippen LogP) is 6.46. The number of carbonyl (C=O) groups excluding carboxylic acids is 1.